The second kappa shape index (κ2) is 4.39. The highest BCUT2D eigenvalue weighted by Crippen LogP contribution is 2.28. The topological polar surface area (TPSA) is 85.2 Å². The Hall–Kier alpha value is -1.13. The molecule has 0 radical (unpaired) electrons. The van der Waals surface area contributed by atoms with Crippen molar-refractivity contribution < 1.29 is 5.11 Å². The maximum atomic E-state index is 10.2. The number of rotatable bonds is 4. The summed E-state index contributed by atoms with van der Waals surface area (Å²) in [5.41, 5.74) is 10.8. The number of aromatic nitrogens is 1. The number of hydrogen-bond acceptors (Lipinski definition) is 4. The van der Waals surface area contributed by atoms with Crippen molar-refractivity contribution in [2.45, 2.75) is 25.4 Å². The van der Waals surface area contributed by atoms with Crippen LogP contribution in [0.15, 0.2) is 18.3 Å². The van der Waals surface area contributed by atoms with Crippen molar-refractivity contribution in [3.05, 3.63) is 23.9 Å². The van der Waals surface area contributed by atoms with E-state index in [2.05, 4.69) is 4.98 Å². The summed E-state index contributed by atoms with van der Waals surface area (Å²) in [5.74, 6) is 0.355. The molecule has 0 aliphatic carbocycles. The Morgan fingerprint density at radius 1 is 1.57 bits per heavy atom. The van der Waals surface area contributed by atoms with Gasteiger partial charge in [0.25, 0.3) is 0 Å². The molecule has 0 aliphatic rings. The molecule has 1 atom stereocenters. The zero-order valence-corrected chi connectivity index (χ0v) is 8.40. The number of anilines is 1. The highest BCUT2D eigenvalue weighted by molar-refractivity contribution is 5.42. The molecule has 0 saturated carbocycles. The van der Waals surface area contributed by atoms with Crippen molar-refractivity contribution in [1.82, 2.24) is 4.98 Å². The van der Waals surface area contributed by atoms with Crippen molar-refractivity contribution in [1.29, 1.82) is 0 Å². The summed E-state index contributed by atoms with van der Waals surface area (Å²) in [7, 11) is 0. The van der Waals surface area contributed by atoms with Crippen LogP contribution < -0.4 is 11.5 Å². The molecule has 0 spiro atoms. The van der Waals surface area contributed by atoms with E-state index in [-0.39, 0.29) is 6.54 Å². The maximum absolute atomic E-state index is 10.2. The number of nitrogen functional groups attached to an aromatic ring is 1. The van der Waals surface area contributed by atoms with Crippen molar-refractivity contribution >= 4 is 5.82 Å². The fourth-order valence-electron chi connectivity index (χ4n) is 1.57. The van der Waals surface area contributed by atoms with E-state index in [1.54, 1.807) is 18.3 Å². The monoisotopic (exact) mass is 195 g/mol. The van der Waals surface area contributed by atoms with E-state index < -0.39 is 5.60 Å². The van der Waals surface area contributed by atoms with Crippen LogP contribution in [0.5, 0.6) is 0 Å². The van der Waals surface area contributed by atoms with Crippen LogP contribution in [0.2, 0.25) is 0 Å². The SMILES string of the molecule is CCCC(O)(CN)c1cccnc1N. The van der Waals surface area contributed by atoms with Crippen LogP contribution in [-0.2, 0) is 5.60 Å². The molecule has 0 amide bonds. The Morgan fingerprint density at radius 3 is 2.79 bits per heavy atom. The van der Waals surface area contributed by atoms with Gasteiger partial charge in [-0.1, -0.05) is 19.4 Å². The average Bonchev–Trinajstić information content (AvgIpc) is 2.18. The fraction of sp³-hybridized carbons (Fsp3) is 0.500. The molecule has 1 rings (SSSR count). The highest BCUT2D eigenvalue weighted by Gasteiger charge is 2.28. The number of nitrogens with zero attached hydrogens (tertiary/aromatic N) is 1. The molecular weight excluding hydrogens is 178 g/mol. The largest absolute Gasteiger partial charge is 0.384 e. The minimum atomic E-state index is -1.03. The third kappa shape index (κ3) is 2.02. The van der Waals surface area contributed by atoms with Gasteiger partial charge in [0.05, 0.1) is 0 Å². The van der Waals surface area contributed by atoms with Gasteiger partial charge in [-0.3, -0.25) is 0 Å². The summed E-state index contributed by atoms with van der Waals surface area (Å²) in [4.78, 5) is 3.94. The molecule has 1 heterocycles. The Bertz CT molecular complexity index is 303. The van der Waals surface area contributed by atoms with E-state index in [9.17, 15) is 5.11 Å². The summed E-state index contributed by atoms with van der Waals surface area (Å²) in [6.07, 6.45) is 3.04. The van der Waals surface area contributed by atoms with Gasteiger partial charge in [-0.05, 0) is 12.5 Å². The lowest BCUT2D eigenvalue weighted by molar-refractivity contribution is 0.0364. The van der Waals surface area contributed by atoms with Crippen LogP contribution in [0.4, 0.5) is 5.82 Å². The Kier molecular flexibility index (Phi) is 3.43. The van der Waals surface area contributed by atoms with Gasteiger partial charge in [-0.2, -0.15) is 0 Å². The molecule has 4 heteroatoms. The highest BCUT2D eigenvalue weighted by atomic mass is 16.3. The third-order valence-electron chi connectivity index (χ3n) is 2.34. The van der Waals surface area contributed by atoms with Gasteiger partial charge in [-0.25, -0.2) is 4.98 Å². The number of hydrogen-bond donors (Lipinski definition) is 3. The molecule has 1 aromatic rings. The lowest BCUT2D eigenvalue weighted by atomic mass is 9.90. The number of pyridine rings is 1. The van der Waals surface area contributed by atoms with Gasteiger partial charge < -0.3 is 16.6 Å². The van der Waals surface area contributed by atoms with Gasteiger partial charge in [-0.15, -0.1) is 0 Å². The van der Waals surface area contributed by atoms with Gasteiger partial charge in [0, 0.05) is 18.3 Å². The first-order valence-electron chi connectivity index (χ1n) is 4.77. The smallest absolute Gasteiger partial charge is 0.129 e. The molecule has 0 fully saturated rings. The maximum Gasteiger partial charge on any atom is 0.129 e. The van der Waals surface area contributed by atoms with Crippen LogP contribution in [0, 0.1) is 0 Å². The summed E-state index contributed by atoms with van der Waals surface area (Å²) < 4.78 is 0. The first kappa shape index (κ1) is 10.9. The third-order valence-corrected chi connectivity index (χ3v) is 2.34. The Balaban J connectivity index is 3.05. The summed E-state index contributed by atoms with van der Waals surface area (Å²) >= 11 is 0. The summed E-state index contributed by atoms with van der Waals surface area (Å²) in [6, 6.07) is 3.52. The molecule has 0 aromatic carbocycles. The zero-order chi connectivity index (χ0) is 10.6. The van der Waals surface area contributed by atoms with Gasteiger partial charge in [0.2, 0.25) is 0 Å². The molecule has 14 heavy (non-hydrogen) atoms. The molecule has 4 nitrogen and oxygen atoms in total. The summed E-state index contributed by atoms with van der Waals surface area (Å²) in [5, 5.41) is 10.2. The molecule has 0 bridgehead atoms. The Labute approximate surface area is 83.9 Å². The van der Waals surface area contributed by atoms with Gasteiger partial charge in [0.1, 0.15) is 11.4 Å². The molecule has 78 valence electrons. The summed E-state index contributed by atoms with van der Waals surface area (Å²) in [6.45, 7) is 2.16. The molecule has 1 unspecified atom stereocenters. The van der Waals surface area contributed by atoms with E-state index in [1.807, 2.05) is 6.92 Å². The van der Waals surface area contributed by atoms with E-state index in [1.165, 1.54) is 0 Å². The minimum Gasteiger partial charge on any atom is -0.384 e. The number of nitrogens with two attached hydrogens (primary N) is 2. The lowest BCUT2D eigenvalue weighted by Gasteiger charge is -2.27. The van der Waals surface area contributed by atoms with Crippen molar-refractivity contribution in [3.63, 3.8) is 0 Å². The van der Waals surface area contributed by atoms with Crippen LogP contribution in [0.25, 0.3) is 0 Å². The zero-order valence-electron chi connectivity index (χ0n) is 8.40. The van der Waals surface area contributed by atoms with Crippen LogP contribution in [-0.4, -0.2) is 16.6 Å². The van der Waals surface area contributed by atoms with Crippen LogP contribution in [0.1, 0.15) is 25.3 Å². The molecule has 5 N–H and O–H groups in total. The second-order valence-electron chi connectivity index (χ2n) is 3.42. The standard InChI is InChI=1S/C10H17N3O/c1-2-5-10(14,7-11)8-4-3-6-13-9(8)12/h3-4,6,14H,2,5,7,11H2,1H3,(H2,12,13). The van der Waals surface area contributed by atoms with Gasteiger partial charge in [0.15, 0.2) is 0 Å². The van der Waals surface area contributed by atoms with E-state index in [4.69, 9.17) is 11.5 Å². The second-order valence-corrected chi connectivity index (χ2v) is 3.42. The van der Waals surface area contributed by atoms with Crippen molar-refractivity contribution in [3.8, 4) is 0 Å². The molecular formula is C10H17N3O. The lowest BCUT2D eigenvalue weighted by Crippen LogP contribution is -2.35. The molecule has 1 aromatic heterocycles. The van der Waals surface area contributed by atoms with Crippen LogP contribution in [0.3, 0.4) is 0 Å². The van der Waals surface area contributed by atoms with Crippen molar-refractivity contribution in [2.24, 2.45) is 5.73 Å². The fourth-order valence-corrected chi connectivity index (χ4v) is 1.57. The molecule has 0 saturated heterocycles. The predicted molar refractivity (Wildman–Crippen MR) is 56.5 cm³/mol. The van der Waals surface area contributed by atoms with E-state index in [0.29, 0.717) is 17.8 Å². The normalized spacial score (nSPS) is 15.1. The predicted octanol–water partition coefficient (Wildman–Crippen LogP) is 0.610. The molecule has 0 aliphatic heterocycles. The first-order chi connectivity index (χ1) is 6.64. The minimum absolute atomic E-state index is 0.163. The quantitative estimate of drug-likeness (QED) is 0.657. The van der Waals surface area contributed by atoms with Gasteiger partial charge >= 0.3 is 0 Å². The Morgan fingerprint density at radius 2 is 2.29 bits per heavy atom. The van der Waals surface area contributed by atoms with E-state index in [0.717, 1.165) is 6.42 Å². The van der Waals surface area contributed by atoms with Crippen LogP contribution >= 0.6 is 0 Å². The van der Waals surface area contributed by atoms with Crippen molar-refractivity contribution in [2.75, 3.05) is 12.3 Å². The first-order valence-corrected chi connectivity index (χ1v) is 4.77. The average molecular weight is 195 g/mol. The van der Waals surface area contributed by atoms with E-state index >= 15 is 0 Å². The number of aliphatic hydroxyl groups is 1.